The number of hydrogen-bond acceptors (Lipinski definition) is 6. The molecule has 21 heavy (non-hydrogen) atoms. The zero-order valence-corrected chi connectivity index (χ0v) is 11.2. The molecule has 1 aromatic carbocycles. The highest BCUT2D eigenvalue weighted by molar-refractivity contribution is 5.62. The molecule has 2 N–H and O–H groups in total. The van der Waals surface area contributed by atoms with Crippen LogP contribution in [-0.4, -0.2) is 16.5 Å². The average Bonchev–Trinajstić information content (AvgIpc) is 2.50. The number of anilines is 3. The molecule has 2 aromatic rings. The van der Waals surface area contributed by atoms with Crippen LogP contribution in [0, 0.1) is 28.5 Å². The molecule has 7 heteroatoms. The summed E-state index contributed by atoms with van der Waals surface area (Å²) in [4.78, 5) is 7.80. The van der Waals surface area contributed by atoms with Crippen molar-refractivity contribution in [1.82, 2.24) is 9.97 Å². The van der Waals surface area contributed by atoms with E-state index < -0.39 is 5.82 Å². The van der Waals surface area contributed by atoms with Crippen LogP contribution in [0.1, 0.15) is 18.1 Å². The number of halogens is 1. The quantitative estimate of drug-likeness (QED) is 0.894. The van der Waals surface area contributed by atoms with Crippen molar-refractivity contribution >= 4 is 17.5 Å². The molecule has 2 rings (SSSR count). The first-order chi connectivity index (χ1) is 10.2. The second kappa shape index (κ2) is 6.31. The number of nitrogens with zero attached hydrogens (tertiary/aromatic N) is 4. The third kappa shape index (κ3) is 3.23. The molecule has 104 valence electrons. The van der Waals surface area contributed by atoms with Crippen molar-refractivity contribution in [1.29, 1.82) is 10.5 Å². The Morgan fingerprint density at radius 3 is 2.67 bits per heavy atom. The van der Waals surface area contributed by atoms with Gasteiger partial charge in [-0.1, -0.05) is 0 Å². The summed E-state index contributed by atoms with van der Waals surface area (Å²) in [5, 5.41) is 23.5. The number of nitriles is 2. The molecule has 0 bridgehead atoms. The van der Waals surface area contributed by atoms with Gasteiger partial charge in [0.2, 0.25) is 5.95 Å². The van der Waals surface area contributed by atoms with E-state index in [1.165, 1.54) is 12.1 Å². The second-order valence-corrected chi connectivity index (χ2v) is 4.03. The summed E-state index contributed by atoms with van der Waals surface area (Å²) in [5.74, 6) is -0.315. The lowest BCUT2D eigenvalue weighted by Gasteiger charge is -2.09. The topological polar surface area (TPSA) is 97.4 Å². The molecule has 6 nitrogen and oxygen atoms in total. The number of aromatic nitrogens is 2. The fourth-order valence-corrected chi connectivity index (χ4v) is 1.65. The third-order valence-corrected chi connectivity index (χ3v) is 2.60. The van der Waals surface area contributed by atoms with E-state index in [1.54, 1.807) is 6.07 Å². The summed E-state index contributed by atoms with van der Waals surface area (Å²) in [6.07, 6.45) is 1.06. The van der Waals surface area contributed by atoms with Crippen molar-refractivity contribution in [2.45, 2.75) is 6.92 Å². The van der Waals surface area contributed by atoms with Crippen molar-refractivity contribution < 1.29 is 4.39 Å². The highest BCUT2D eigenvalue weighted by atomic mass is 19.1. The van der Waals surface area contributed by atoms with Crippen LogP contribution in [0.5, 0.6) is 0 Å². The van der Waals surface area contributed by atoms with Gasteiger partial charge in [-0.3, -0.25) is 0 Å². The van der Waals surface area contributed by atoms with Gasteiger partial charge in [-0.15, -0.1) is 0 Å². The molecule has 1 heterocycles. The largest absolute Gasteiger partial charge is 0.354 e. The van der Waals surface area contributed by atoms with E-state index in [0.717, 1.165) is 6.20 Å². The van der Waals surface area contributed by atoms with Crippen LogP contribution in [0.2, 0.25) is 0 Å². The molecule has 1 aromatic heterocycles. The Bertz CT molecular complexity index is 744. The Morgan fingerprint density at radius 1 is 1.24 bits per heavy atom. The van der Waals surface area contributed by atoms with Gasteiger partial charge >= 0.3 is 0 Å². The van der Waals surface area contributed by atoms with Crippen LogP contribution in [0.3, 0.4) is 0 Å². The van der Waals surface area contributed by atoms with Gasteiger partial charge in [0.1, 0.15) is 12.1 Å². The second-order valence-electron chi connectivity index (χ2n) is 4.03. The van der Waals surface area contributed by atoms with Gasteiger partial charge in [0.15, 0.2) is 11.6 Å². The van der Waals surface area contributed by atoms with E-state index in [9.17, 15) is 4.39 Å². The Kier molecular flexibility index (Phi) is 4.27. The Balaban J connectivity index is 2.32. The summed E-state index contributed by atoms with van der Waals surface area (Å²) in [6.45, 7) is 2.49. The van der Waals surface area contributed by atoms with E-state index in [2.05, 4.69) is 20.6 Å². The monoisotopic (exact) mass is 282 g/mol. The summed E-state index contributed by atoms with van der Waals surface area (Å²) in [7, 11) is 0. The standard InChI is InChI=1S/C14H11FN6/c1-2-18-14-19-8-12(15)13(21-14)20-11-4-3-9(6-16)10(5-11)7-17/h3-5,8H,2H2,1H3,(H2,18,19,20,21). The molecule has 0 spiro atoms. The van der Waals surface area contributed by atoms with Crippen molar-refractivity contribution in [2.75, 3.05) is 17.2 Å². The van der Waals surface area contributed by atoms with Crippen LogP contribution in [0.25, 0.3) is 0 Å². The fraction of sp³-hybridized carbons (Fsp3) is 0.143. The smallest absolute Gasteiger partial charge is 0.224 e. The molecule has 0 aliphatic rings. The summed E-state index contributed by atoms with van der Waals surface area (Å²) in [6, 6.07) is 8.37. The molecule has 0 saturated heterocycles. The Hall–Kier alpha value is -3.19. The number of benzene rings is 1. The van der Waals surface area contributed by atoms with Crippen LogP contribution in [-0.2, 0) is 0 Å². The van der Waals surface area contributed by atoms with Gasteiger partial charge in [0.25, 0.3) is 0 Å². The molecule has 0 radical (unpaired) electrons. The number of rotatable bonds is 4. The lowest BCUT2D eigenvalue weighted by Crippen LogP contribution is -2.06. The van der Waals surface area contributed by atoms with Gasteiger partial charge in [-0.05, 0) is 25.1 Å². The minimum absolute atomic E-state index is 0.00505. The van der Waals surface area contributed by atoms with Crippen LogP contribution < -0.4 is 10.6 Å². The molecular weight excluding hydrogens is 271 g/mol. The maximum absolute atomic E-state index is 13.7. The van der Waals surface area contributed by atoms with Crippen LogP contribution >= 0.6 is 0 Å². The number of nitrogens with one attached hydrogen (secondary N) is 2. The normalized spacial score (nSPS) is 9.52. The third-order valence-electron chi connectivity index (χ3n) is 2.60. The van der Waals surface area contributed by atoms with Crippen molar-refractivity contribution in [3.63, 3.8) is 0 Å². The Morgan fingerprint density at radius 2 is 2.00 bits per heavy atom. The lowest BCUT2D eigenvalue weighted by molar-refractivity contribution is 0.619. The zero-order valence-electron chi connectivity index (χ0n) is 11.2. The molecule has 0 aliphatic carbocycles. The molecule has 0 fully saturated rings. The van der Waals surface area contributed by atoms with Gasteiger partial charge in [0, 0.05) is 12.2 Å². The summed E-state index contributed by atoms with van der Waals surface area (Å²) in [5.41, 5.74) is 0.939. The highest BCUT2D eigenvalue weighted by Gasteiger charge is 2.09. The number of hydrogen-bond donors (Lipinski definition) is 2. The predicted octanol–water partition coefficient (Wildman–Crippen LogP) is 2.53. The maximum Gasteiger partial charge on any atom is 0.224 e. The lowest BCUT2D eigenvalue weighted by atomic mass is 10.1. The van der Waals surface area contributed by atoms with Gasteiger partial charge in [0.05, 0.1) is 17.3 Å². The minimum Gasteiger partial charge on any atom is -0.354 e. The van der Waals surface area contributed by atoms with Crippen molar-refractivity contribution in [3.8, 4) is 12.1 Å². The molecular formula is C14H11FN6. The van der Waals surface area contributed by atoms with Gasteiger partial charge in [-0.2, -0.15) is 15.5 Å². The van der Waals surface area contributed by atoms with Gasteiger partial charge < -0.3 is 10.6 Å². The maximum atomic E-state index is 13.7. The molecule has 0 aliphatic heterocycles. The van der Waals surface area contributed by atoms with Crippen LogP contribution in [0.15, 0.2) is 24.4 Å². The van der Waals surface area contributed by atoms with E-state index in [4.69, 9.17) is 10.5 Å². The molecule has 0 unspecified atom stereocenters. The first-order valence-electron chi connectivity index (χ1n) is 6.15. The molecule has 0 atom stereocenters. The summed E-state index contributed by atoms with van der Waals surface area (Å²) < 4.78 is 13.7. The first-order valence-corrected chi connectivity index (χ1v) is 6.15. The fourth-order valence-electron chi connectivity index (χ4n) is 1.65. The highest BCUT2D eigenvalue weighted by Crippen LogP contribution is 2.21. The Labute approximate surface area is 120 Å². The van der Waals surface area contributed by atoms with E-state index >= 15 is 0 Å². The molecule has 0 saturated carbocycles. The predicted molar refractivity (Wildman–Crippen MR) is 75.3 cm³/mol. The van der Waals surface area contributed by atoms with Crippen LogP contribution in [0.4, 0.5) is 21.8 Å². The summed E-state index contributed by atoms with van der Waals surface area (Å²) >= 11 is 0. The zero-order chi connectivity index (χ0) is 15.2. The van der Waals surface area contributed by atoms with E-state index in [-0.39, 0.29) is 16.9 Å². The molecule has 0 amide bonds. The first kappa shape index (κ1) is 14.2. The van der Waals surface area contributed by atoms with Crippen molar-refractivity contribution in [2.24, 2.45) is 0 Å². The van der Waals surface area contributed by atoms with E-state index in [1.807, 2.05) is 19.1 Å². The van der Waals surface area contributed by atoms with Crippen molar-refractivity contribution in [3.05, 3.63) is 41.3 Å². The average molecular weight is 282 g/mol. The SMILES string of the molecule is CCNc1ncc(F)c(Nc2ccc(C#N)c(C#N)c2)n1. The minimum atomic E-state index is -0.612. The van der Waals surface area contributed by atoms with E-state index in [0.29, 0.717) is 18.2 Å². The van der Waals surface area contributed by atoms with Gasteiger partial charge in [-0.25, -0.2) is 9.37 Å².